The summed E-state index contributed by atoms with van der Waals surface area (Å²) in [5.41, 5.74) is 1.89. The first-order valence-corrected chi connectivity index (χ1v) is 7.91. The second-order valence-electron chi connectivity index (χ2n) is 5.78. The molecule has 0 saturated heterocycles. The zero-order chi connectivity index (χ0) is 19.2. The molecule has 0 spiro atoms. The molecule has 1 amide bonds. The Balaban J connectivity index is 1.96. The molecular weight excluding hydrogens is 347 g/mol. The van der Waals surface area contributed by atoms with E-state index in [4.69, 9.17) is 4.74 Å². The molecule has 0 heterocycles. The van der Waals surface area contributed by atoms with E-state index in [1.807, 2.05) is 24.3 Å². The van der Waals surface area contributed by atoms with Crippen molar-refractivity contribution in [1.29, 1.82) is 0 Å². The summed E-state index contributed by atoms with van der Waals surface area (Å²) in [7, 11) is 3.25. The molecule has 2 aromatic rings. The average molecular weight is 367 g/mol. The number of rotatable bonds is 7. The van der Waals surface area contributed by atoms with Gasteiger partial charge in [-0.25, -0.2) is 0 Å². The molecule has 0 radical (unpaired) electrons. The summed E-state index contributed by atoms with van der Waals surface area (Å²) in [5.74, 6) is 0.503. The van der Waals surface area contributed by atoms with Crippen LogP contribution in [0.2, 0.25) is 0 Å². The van der Waals surface area contributed by atoms with Crippen LogP contribution in [0.25, 0.3) is 0 Å². The van der Waals surface area contributed by atoms with Crippen LogP contribution in [0, 0.1) is 0 Å². The van der Waals surface area contributed by atoms with Gasteiger partial charge in [-0.15, -0.1) is 0 Å². The number of hydrogen-bond acceptors (Lipinski definition) is 3. The lowest BCUT2D eigenvalue weighted by atomic mass is 10.1. The number of alkyl halides is 3. The maximum absolute atomic E-state index is 12.5. The van der Waals surface area contributed by atoms with E-state index in [0.717, 1.165) is 5.56 Å². The number of nitrogens with zero attached hydrogens (tertiary/aromatic N) is 1. The molecule has 0 N–H and O–H groups in total. The Morgan fingerprint density at radius 3 is 2.35 bits per heavy atom. The Bertz CT molecular complexity index is 730. The minimum absolute atomic E-state index is 0.162. The molecule has 4 nitrogen and oxygen atoms in total. The first kappa shape index (κ1) is 19.8. The first-order valence-electron chi connectivity index (χ1n) is 7.91. The highest BCUT2D eigenvalue weighted by atomic mass is 19.4. The lowest BCUT2D eigenvalue weighted by Gasteiger charge is -2.19. The quantitative estimate of drug-likeness (QED) is 0.741. The maximum atomic E-state index is 12.5. The summed E-state index contributed by atoms with van der Waals surface area (Å²) < 4.78 is 46.1. The van der Waals surface area contributed by atoms with Crippen LogP contribution in [0.1, 0.15) is 21.5 Å². The molecule has 2 rings (SSSR count). The molecule has 26 heavy (non-hydrogen) atoms. The van der Waals surface area contributed by atoms with Gasteiger partial charge in [0.05, 0.1) is 13.7 Å². The molecule has 0 aliphatic heterocycles. The van der Waals surface area contributed by atoms with Crippen molar-refractivity contribution in [2.45, 2.75) is 19.3 Å². The standard InChI is InChI=1S/C19H20F3NO3/c1-23(11-16-5-3-4-6-17(16)25-2)18(24)15-9-7-14(8-10-15)12-26-13-19(20,21)22/h3-10H,11-13H2,1-2H3. The summed E-state index contributed by atoms with van der Waals surface area (Å²) in [6.07, 6.45) is -4.35. The van der Waals surface area contributed by atoms with Crippen LogP contribution in [0.15, 0.2) is 48.5 Å². The highest BCUT2D eigenvalue weighted by Crippen LogP contribution is 2.20. The van der Waals surface area contributed by atoms with Crippen LogP contribution < -0.4 is 4.74 Å². The van der Waals surface area contributed by atoms with Gasteiger partial charge in [0, 0.05) is 24.7 Å². The average Bonchev–Trinajstić information content (AvgIpc) is 2.61. The van der Waals surface area contributed by atoms with Gasteiger partial charge in [-0.3, -0.25) is 4.79 Å². The molecule has 0 saturated carbocycles. The third-order valence-electron chi connectivity index (χ3n) is 3.68. The van der Waals surface area contributed by atoms with E-state index in [1.165, 1.54) is 0 Å². The summed E-state index contributed by atoms with van der Waals surface area (Å²) in [6, 6.07) is 13.7. The molecule has 0 aromatic heterocycles. The van der Waals surface area contributed by atoms with Crippen molar-refractivity contribution >= 4 is 5.91 Å². The summed E-state index contributed by atoms with van der Waals surface area (Å²) in [5, 5.41) is 0. The zero-order valence-electron chi connectivity index (χ0n) is 14.5. The molecule has 7 heteroatoms. The molecule has 0 bridgehead atoms. The molecular formula is C19H20F3NO3. The van der Waals surface area contributed by atoms with Crippen LogP contribution in [0.4, 0.5) is 13.2 Å². The van der Waals surface area contributed by atoms with E-state index in [9.17, 15) is 18.0 Å². The molecule has 2 aromatic carbocycles. The number of hydrogen-bond donors (Lipinski definition) is 0. The van der Waals surface area contributed by atoms with Gasteiger partial charge < -0.3 is 14.4 Å². The number of halogens is 3. The topological polar surface area (TPSA) is 38.8 Å². The van der Waals surface area contributed by atoms with E-state index < -0.39 is 12.8 Å². The Morgan fingerprint density at radius 2 is 1.73 bits per heavy atom. The van der Waals surface area contributed by atoms with Gasteiger partial charge in [0.25, 0.3) is 5.91 Å². The monoisotopic (exact) mass is 367 g/mol. The number of para-hydroxylation sites is 1. The van der Waals surface area contributed by atoms with Crippen LogP contribution >= 0.6 is 0 Å². The van der Waals surface area contributed by atoms with Crippen LogP contribution in [0.5, 0.6) is 5.75 Å². The van der Waals surface area contributed by atoms with Gasteiger partial charge in [0.2, 0.25) is 0 Å². The molecule has 0 unspecified atom stereocenters. The number of amides is 1. The van der Waals surface area contributed by atoms with E-state index in [-0.39, 0.29) is 12.5 Å². The Morgan fingerprint density at radius 1 is 1.08 bits per heavy atom. The summed E-state index contributed by atoms with van der Waals surface area (Å²) >= 11 is 0. The van der Waals surface area contributed by atoms with Gasteiger partial charge in [0.1, 0.15) is 12.4 Å². The number of methoxy groups -OCH3 is 1. The molecule has 0 aliphatic rings. The lowest BCUT2D eigenvalue weighted by molar-refractivity contribution is -0.176. The van der Waals surface area contributed by atoms with Crippen molar-refractivity contribution in [3.63, 3.8) is 0 Å². The van der Waals surface area contributed by atoms with Gasteiger partial charge in [-0.1, -0.05) is 30.3 Å². The lowest BCUT2D eigenvalue weighted by Crippen LogP contribution is -2.26. The fraction of sp³-hybridized carbons (Fsp3) is 0.316. The third-order valence-corrected chi connectivity index (χ3v) is 3.68. The van der Waals surface area contributed by atoms with Gasteiger partial charge >= 0.3 is 6.18 Å². The van der Waals surface area contributed by atoms with E-state index >= 15 is 0 Å². The van der Waals surface area contributed by atoms with Crippen molar-refractivity contribution in [3.05, 3.63) is 65.2 Å². The summed E-state index contributed by atoms with van der Waals surface area (Å²) in [4.78, 5) is 14.1. The molecule has 140 valence electrons. The normalized spacial score (nSPS) is 11.3. The van der Waals surface area contributed by atoms with Crippen molar-refractivity contribution in [2.75, 3.05) is 20.8 Å². The van der Waals surface area contributed by atoms with Crippen LogP contribution in [-0.4, -0.2) is 37.7 Å². The second kappa shape index (κ2) is 8.71. The minimum atomic E-state index is -4.35. The Hall–Kier alpha value is -2.54. The summed E-state index contributed by atoms with van der Waals surface area (Å²) in [6.45, 7) is -1.08. The number of carbonyl (C=O) groups is 1. The van der Waals surface area contributed by atoms with Crippen molar-refractivity contribution in [1.82, 2.24) is 4.90 Å². The van der Waals surface area contributed by atoms with E-state index in [2.05, 4.69) is 4.74 Å². The highest BCUT2D eigenvalue weighted by Gasteiger charge is 2.27. The molecule has 0 atom stereocenters. The Labute approximate surface area is 150 Å². The zero-order valence-corrected chi connectivity index (χ0v) is 14.5. The van der Waals surface area contributed by atoms with E-state index in [0.29, 0.717) is 23.4 Å². The molecule has 0 fully saturated rings. The van der Waals surface area contributed by atoms with Crippen molar-refractivity contribution in [3.8, 4) is 5.75 Å². The molecule has 0 aliphatic carbocycles. The largest absolute Gasteiger partial charge is 0.496 e. The maximum Gasteiger partial charge on any atom is 0.411 e. The van der Waals surface area contributed by atoms with E-state index in [1.54, 1.807) is 43.3 Å². The predicted molar refractivity (Wildman–Crippen MR) is 90.9 cm³/mol. The predicted octanol–water partition coefficient (Wildman–Crippen LogP) is 4.05. The van der Waals surface area contributed by atoms with Gasteiger partial charge in [-0.2, -0.15) is 13.2 Å². The van der Waals surface area contributed by atoms with Gasteiger partial charge in [-0.05, 0) is 23.8 Å². The number of benzene rings is 2. The van der Waals surface area contributed by atoms with Crippen molar-refractivity contribution in [2.24, 2.45) is 0 Å². The highest BCUT2D eigenvalue weighted by molar-refractivity contribution is 5.94. The first-order chi connectivity index (χ1) is 12.3. The fourth-order valence-corrected chi connectivity index (χ4v) is 2.41. The second-order valence-corrected chi connectivity index (χ2v) is 5.78. The number of carbonyl (C=O) groups excluding carboxylic acids is 1. The third kappa shape index (κ3) is 5.77. The Kier molecular flexibility index (Phi) is 6.63. The van der Waals surface area contributed by atoms with Gasteiger partial charge in [0.15, 0.2) is 0 Å². The van der Waals surface area contributed by atoms with Crippen LogP contribution in [0.3, 0.4) is 0 Å². The minimum Gasteiger partial charge on any atom is -0.496 e. The smallest absolute Gasteiger partial charge is 0.411 e. The SMILES string of the molecule is COc1ccccc1CN(C)C(=O)c1ccc(COCC(F)(F)F)cc1. The van der Waals surface area contributed by atoms with Crippen LogP contribution in [-0.2, 0) is 17.9 Å². The number of ether oxygens (including phenoxy) is 2. The fourth-order valence-electron chi connectivity index (χ4n) is 2.41. The van der Waals surface area contributed by atoms with Crippen molar-refractivity contribution < 1.29 is 27.4 Å².